The molecule has 1 fully saturated rings. The molecule has 0 unspecified atom stereocenters. The summed E-state index contributed by atoms with van der Waals surface area (Å²) in [5.74, 6) is 0.808. The number of hydrogen-bond donors (Lipinski definition) is 0. The van der Waals surface area contributed by atoms with Gasteiger partial charge in [-0.05, 0) is 36.5 Å². The molecule has 4 heteroatoms. The average Bonchev–Trinajstić information content (AvgIpc) is 3.02. The van der Waals surface area contributed by atoms with Gasteiger partial charge in [0, 0.05) is 51.5 Å². The first-order valence-electron chi connectivity index (χ1n) is 7.87. The van der Waals surface area contributed by atoms with Crippen molar-refractivity contribution in [3.05, 3.63) is 42.2 Å². The Morgan fingerprint density at radius 3 is 2.62 bits per heavy atom. The summed E-state index contributed by atoms with van der Waals surface area (Å²) in [6.07, 6.45) is 11.1. The van der Waals surface area contributed by atoms with Gasteiger partial charge in [0.15, 0.2) is 0 Å². The molecule has 1 saturated heterocycles. The maximum Gasteiger partial charge on any atom is 0.223 e. The molecule has 0 aromatic carbocycles. The molecule has 1 atom stereocenters. The van der Waals surface area contributed by atoms with Gasteiger partial charge in [0.25, 0.3) is 0 Å². The molecule has 0 N–H and O–H groups in total. The van der Waals surface area contributed by atoms with Gasteiger partial charge in [-0.2, -0.15) is 0 Å². The Hall–Kier alpha value is -1.68. The van der Waals surface area contributed by atoms with Crippen molar-refractivity contribution in [1.29, 1.82) is 0 Å². The number of carbonyl (C=O) groups is 1. The molecule has 1 amide bonds. The summed E-state index contributed by atoms with van der Waals surface area (Å²) in [7, 11) is 0. The van der Waals surface area contributed by atoms with E-state index in [1.165, 1.54) is 5.56 Å². The predicted octanol–water partition coefficient (Wildman–Crippen LogP) is 2.08. The minimum atomic E-state index is 0.329. The maximum atomic E-state index is 12.3. The summed E-state index contributed by atoms with van der Waals surface area (Å²) >= 11 is 0. The first-order chi connectivity index (χ1) is 10.3. The van der Waals surface area contributed by atoms with Gasteiger partial charge in [-0.1, -0.05) is 12.2 Å². The van der Waals surface area contributed by atoms with Crippen LogP contribution in [0, 0.1) is 5.92 Å². The number of allylic oxidation sites excluding steroid dienone is 2. The number of amides is 1. The van der Waals surface area contributed by atoms with Crippen LogP contribution in [0.4, 0.5) is 0 Å². The van der Waals surface area contributed by atoms with Crippen LogP contribution in [0.5, 0.6) is 0 Å². The molecule has 0 saturated carbocycles. The Morgan fingerprint density at radius 2 is 1.95 bits per heavy atom. The van der Waals surface area contributed by atoms with Crippen molar-refractivity contribution in [2.45, 2.75) is 25.8 Å². The van der Waals surface area contributed by atoms with Gasteiger partial charge in [0.2, 0.25) is 5.91 Å². The van der Waals surface area contributed by atoms with Gasteiger partial charge in [-0.3, -0.25) is 14.7 Å². The van der Waals surface area contributed by atoms with Gasteiger partial charge in [0.1, 0.15) is 0 Å². The lowest BCUT2D eigenvalue weighted by Crippen LogP contribution is -2.48. The van der Waals surface area contributed by atoms with Crippen LogP contribution in [0.1, 0.15) is 24.8 Å². The fraction of sp³-hybridized carbons (Fsp3) is 0.529. The SMILES string of the molecule is O=C(C[C@H]1C=CCC1)N1CCN(Cc2ccncc2)CC1. The van der Waals surface area contributed by atoms with Crippen molar-refractivity contribution in [2.75, 3.05) is 26.2 Å². The predicted molar refractivity (Wildman–Crippen MR) is 82.6 cm³/mol. The molecule has 112 valence electrons. The second kappa shape index (κ2) is 6.85. The van der Waals surface area contributed by atoms with Crippen LogP contribution in [0.15, 0.2) is 36.7 Å². The first kappa shape index (κ1) is 14.3. The standard InChI is InChI=1S/C17H23N3O/c21-17(13-15-3-1-2-4-15)20-11-9-19(10-12-20)14-16-5-7-18-8-6-16/h1,3,5-8,15H,2,4,9-14H2/t15-/m0/s1. The molecular weight excluding hydrogens is 262 g/mol. The first-order valence-corrected chi connectivity index (χ1v) is 7.87. The summed E-state index contributed by atoms with van der Waals surface area (Å²) in [6.45, 7) is 4.61. The highest BCUT2D eigenvalue weighted by atomic mass is 16.2. The Bertz CT molecular complexity index is 492. The minimum Gasteiger partial charge on any atom is -0.340 e. The summed E-state index contributed by atoms with van der Waals surface area (Å²) in [5.41, 5.74) is 1.29. The zero-order valence-electron chi connectivity index (χ0n) is 12.4. The van der Waals surface area contributed by atoms with Gasteiger partial charge < -0.3 is 4.90 Å². The molecular formula is C17H23N3O. The molecule has 1 aliphatic carbocycles. The number of pyridine rings is 1. The summed E-state index contributed by atoms with van der Waals surface area (Å²) in [6, 6.07) is 4.12. The van der Waals surface area contributed by atoms with Crippen LogP contribution >= 0.6 is 0 Å². The average molecular weight is 285 g/mol. The van der Waals surface area contributed by atoms with E-state index in [-0.39, 0.29) is 0 Å². The quantitative estimate of drug-likeness (QED) is 0.795. The summed E-state index contributed by atoms with van der Waals surface area (Å²) in [4.78, 5) is 20.8. The molecule has 0 bridgehead atoms. The summed E-state index contributed by atoms with van der Waals surface area (Å²) < 4.78 is 0. The topological polar surface area (TPSA) is 36.4 Å². The van der Waals surface area contributed by atoms with Crippen LogP contribution < -0.4 is 0 Å². The molecule has 0 radical (unpaired) electrons. The van der Waals surface area contributed by atoms with Gasteiger partial charge in [-0.25, -0.2) is 0 Å². The van der Waals surface area contributed by atoms with Crippen LogP contribution in [-0.4, -0.2) is 46.9 Å². The largest absolute Gasteiger partial charge is 0.340 e. The number of carbonyl (C=O) groups excluding carboxylic acids is 1. The van der Waals surface area contributed by atoms with E-state index in [4.69, 9.17) is 0 Å². The molecule has 3 rings (SSSR count). The Morgan fingerprint density at radius 1 is 1.19 bits per heavy atom. The van der Waals surface area contributed by atoms with Crippen molar-refractivity contribution in [2.24, 2.45) is 5.92 Å². The molecule has 2 aliphatic rings. The monoisotopic (exact) mass is 285 g/mol. The second-order valence-corrected chi connectivity index (χ2v) is 5.98. The van der Waals surface area contributed by atoms with Gasteiger partial charge in [-0.15, -0.1) is 0 Å². The molecule has 1 aromatic heterocycles. The fourth-order valence-electron chi connectivity index (χ4n) is 3.12. The molecule has 1 aromatic rings. The lowest BCUT2D eigenvalue weighted by Gasteiger charge is -2.35. The van der Waals surface area contributed by atoms with E-state index in [1.54, 1.807) is 0 Å². The summed E-state index contributed by atoms with van der Waals surface area (Å²) in [5, 5.41) is 0. The van der Waals surface area contributed by atoms with Crippen molar-refractivity contribution in [3.8, 4) is 0 Å². The van der Waals surface area contributed by atoms with Crippen LogP contribution in [0.2, 0.25) is 0 Å². The zero-order chi connectivity index (χ0) is 14.5. The molecule has 2 heterocycles. The third kappa shape index (κ3) is 3.91. The van der Waals surface area contributed by atoms with E-state index < -0.39 is 0 Å². The number of aromatic nitrogens is 1. The third-order valence-electron chi connectivity index (χ3n) is 4.43. The van der Waals surface area contributed by atoms with E-state index in [0.29, 0.717) is 18.2 Å². The number of rotatable bonds is 4. The Kier molecular flexibility index (Phi) is 4.65. The molecule has 21 heavy (non-hydrogen) atoms. The molecule has 1 aliphatic heterocycles. The highest BCUT2D eigenvalue weighted by molar-refractivity contribution is 5.76. The van der Waals surface area contributed by atoms with Crippen LogP contribution in [0.25, 0.3) is 0 Å². The van der Waals surface area contributed by atoms with E-state index in [1.807, 2.05) is 17.3 Å². The van der Waals surface area contributed by atoms with Crippen LogP contribution in [0.3, 0.4) is 0 Å². The smallest absolute Gasteiger partial charge is 0.223 e. The zero-order valence-corrected chi connectivity index (χ0v) is 12.4. The Balaban J connectivity index is 1.44. The van der Waals surface area contributed by atoms with Crippen molar-refractivity contribution in [1.82, 2.24) is 14.8 Å². The Labute approximate surface area is 126 Å². The highest BCUT2D eigenvalue weighted by Crippen LogP contribution is 2.21. The van der Waals surface area contributed by atoms with E-state index in [2.05, 4.69) is 34.2 Å². The highest BCUT2D eigenvalue weighted by Gasteiger charge is 2.23. The minimum absolute atomic E-state index is 0.329. The number of hydrogen-bond acceptors (Lipinski definition) is 3. The van der Waals surface area contributed by atoms with E-state index >= 15 is 0 Å². The lowest BCUT2D eigenvalue weighted by molar-refractivity contribution is -0.133. The lowest BCUT2D eigenvalue weighted by atomic mass is 10.0. The van der Waals surface area contributed by atoms with E-state index in [9.17, 15) is 4.79 Å². The van der Waals surface area contributed by atoms with Crippen LogP contribution in [-0.2, 0) is 11.3 Å². The van der Waals surface area contributed by atoms with Gasteiger partial charge in [0.05, 0.1) is 0 Å². The third-order valence-corrected chi connectivity index (χ3v) is 4.43. The fourth-order valence-corrected chi connectivity index (χ4v) is 3.12. The molecule has 4 nitrogen and oxygen atoms in total. The van der Waals surface area contributed by atoms with Crippen molar-refractivity contribution >= 4 is 5.91 Å². The maximum absolute atomic E-state index is 12.3. The normalized spacial score (nSPS) is 22.7. The second-order valence-electron chi connectivity index (χ2n) is 5.98. The van der Waals surface area contributed by atoms with Crippen molar-refractivity contribution < 1.29 is 4.79 Å². The van der Waals surface area contributed by atoms with E-state index in [0.717, 1.165) is 45.6 Å². The number of piperazine rings is 1. The van der Waals surface area contributed by atoms with Crippen molar-refractivity contribution in [3.63, 3.8) is 0 Å². The van der Waals surface area contributed by atoms with Gasteiger partial charge >= 0.3 is 0 Å². The number of nitrogens with zero attached hydrogens (tertiary/aromatic N) is 3. The molecule has 0 spiro atoms.